The SMILES string of the molecule is CCCC(=O)Nc1ccc(C(=O)CSc2n[nH]c(-c3ccccc3)n2)cc1. The molecule has 0 spiro atoms. The van der Waals surface area contributed by atoms with E-state index >= 15 is 0 Å². The van der Waals surface area contributed by atoms with Crippen LogP contribution in [0.3, 0.4) is 0 Å². The fraction of sp³-hybridized carbons (Fsp3) is 0.200. The van der Waals surface area contributed by atoms with E-state index in [2.05, 4.69) is 20.5 Å². The number of hydrogen-bond donors (Lipinski definition) is 2. The minimum absolute atomic E-state index is 0.0162. The van der Waals surface area contributed by atoms with Gasteiger partial charge >= 0.3 is 0 Å². The largest absolute Gasteiger partial charge is 0.326 e. The van der Waals surface area contributed by atoms with Crippen molar-refractivity contribution in [3.63, 3.8) is 0 Å². The maximum Gasteiger partial charge on any atom is 0.224 e. The summed E-state index contributed by atoms with van der Waals surface area (Å²) in [5, 5.41) is 10.4. The first-order valence-electron chi connectivity index (χ1n) is 8.69. The number of anilines is 1. The first-order chi connectivity index (χ1) is 13.2. The van der Waals surface area contributed by atoms with Crippen molar-refractivity contribution < 1.29 is 9.59 Å². The number of Topliss-reactive ketones (excluding diaryl/α,β-unsaturated/α-hetero) is 1. The van der Waals surface area contributed by atoms with Gasteiger partial charge in [-0.2, -0.15) is 0 Å². The van der Waals surface area contributed by atoms with E-state index in [9.17, 15) is 9.59 Å². The maximum absolute atomic E-state index is 12.4. The number of hydrogen-bond acceptors (Lipinski definition) is 5. The number of aromatic nitrogens is 3. The quantitative estimate of drug-likeness (QED) is 0.452. The average Bonchev–Trinajstić information content (AvgIpc) is 3.17. The molecule has 1 heterocycles. The predicted octanol–water partition coefficient (Wildman–Crippen LogP) is 4.19. The minimum Gasteiger partial charge on any atom is -0.326 e. The molecule has 3 aromatic rings. The van der Waals surface area contributed by atoms with Gasteiger partial charge in [0.2, 0.25) is 11.1 Å². The number of ketones is 1. The molecule has 2 aromatic carbocycles. The standard InChI is InChI=1S/C20H20N4O2S/c1-2-6-18(26)21-16-11-9-14(10-12-16)17(25)13-27-20-22-19(23-24-20)15-7-4-3-5-8-15/h3-5,7-12H,2,6,13H2,1H3,(H,21,26)(H,22,23,24). The Labute approximate surface area is 161 Å². The van der Waals surface area contributed by atoms with E-state index in [1.54, 1.807) is 24.3 Å². The summed E-state index contributed by atoms with van der Waals surface area (Å²) in [4.78, 5) is 28.4. The molecule has 1 aromatic heterocycles. The van der Waals surface area contributed by atoms with Gasteiger partial charge < -0.3 is 5.32 Å². The summed E-state index contributed by atoms with van der Waals surface area (Å²) in [6.07, 6.45) is 1.28. The number of aromatic amines is 1. The zero-order chi connectivity index (χ0) is 19.1. The van der Waals surface area contributed by atoms with Crippen molar-refractivity contribution in [2.45, 2.75) is 24.9 Å². The summed E-state index contributed by atoms with van der Waals surface area (Å²) in [5.41, 5.74) is 2.23. The Morgan fingerprint density at radius 3 is 2.52 bits per heavy atom. The second-order valence-electron chi connectivity index (χ2n) is 5.92. The van der Waals surface area contributed by atoms with E-state index < -0.39 is 0 Å². The summed E-state index contributed by atoms with van der Waals surface area (Å²) >= 11 is 1.29. The molecule has 138 valence electrons. The van der Waals surface area contributed by atoms with Gasteiger partial charge in [0.1, 0.15) is 0 Å². The highest BCUT2D eigenvalue weighted by Gasteiger charge is 2.11. The molecule has 0 atom stereocenters. The van der Waals surface area contributed by atoms with Gasteiger partial charge in [-0.3, -0.25) is 14.7 Å². The Morgan fingerprint density at radius 1 is 1.07 bits per heavy atom. The van der Waals surface area contributed by atoms with Crippen LogP contribution in [-0.4, -0.2) is 32.6 Å². The molecule has 0 aliphatic heterocycles. The van der Waals surface area contributed by atoms with E-state index in [0.29, 0.717) is 28.7 Å². The molecule has 0 saturated heterocycles. The molecule has 1 amide bonds. The molecule has 0 fully saturated rings. The summed E-state index contributed by atoms with van der Waals surface area (Å²) < 4.78 is 0. The fourth-order valence-corrected chi connectivity index (χ4v) is 3.13. The number of carbonyl (C=O) groups is 2. The van der Waals surface area contributed by atoms with Crippen molar-refractivity contribution in [2.24, 2.45) is 0 Å². The van der Waals surface area contributed by atoms with Gasteiger partial charge in [0.25, 0.3) is 0 Å². The highest BCUT2D eigenvalue weighted by Crippen LogP contribution is 2.20. The number of nitrogens with one attached hydrogen (secondary N) is 2. The molecule has 0 unspecified atom stereocenters. The third-order valence-electron chi connectivity index (χ3n) is 3.81. The van der Waals surface area contributed by atoms with E-state index in [4.69, 9.17) is 0 Å². The zero-order valence-electron chi connectivity index (χ0n) is 14.9. The molecule has 0 aliphatic rings. The monoisotopic (exact) mass is 380 g/mol. The molecule has 0 radical (unpaired) electrons. The Hall–Kier alpha value is -2.93. The Bertz CT molecular complexity index is 907. The van der Waals surface area contributed by atoms with Crippen molar-refractivity contribution >= 4 is 29.1 Å². The van der Waals surface area contributed by atoms with Crippen LogP contribution in [0.15, 0.2) is 59.8 Å². The summed E-state index contributed by atoms with van der Waals surface area (Å²) in [5.74, 6) is 0.884. The van der Waals surface area contributed by atoms with Crippen LogP contribution in [0.2, 0.25) is 0 Å². The van der Waals surface area contributed by atoms with Crippen LogP contribution in [-0.2, 0) is 4.79 Å². The Kier molecular flexibility index (Phi) is 6.38. The third kappa shape index (κ3) is 5.27. The van der Waals surface area contributed by atoms with Crippen LogP contribution in [0.1, 0.15) is 30.1 Å². The van der Waals surface area contributed by atoms with Crippen LogP contribution in [0.25, 0.3) is 11.4 Å². The van der Waals surface area contributed by atoms with Gasteiger partial charge in [0.15, 0.2) is 11.6 Å². The number of carbonyl (C=O) groups excluding carboxylic acids is 2. The zero-order valence-corrected chi connectivity index (χ0v) is 15.8. The molecule has 3 rings (SSSR count). The minimum atomic E-state index is -0.0223. The topological polar surface area (TPSA) is 87.7 Å². The highest BCUT2D eigenvalue weighted by molar-refractivity contribution is 7.99. The molecular weight excluding hydrogens is 360 g/mol. The number of benzene rings is 2. The van der Waals surface area contributed by atoms with Gasteiger partial charge in [-0.1, -0.05) is 49.0 Å². The molecule has 0 aliphatic carbocycles. The number of amides is 1. The average molecular weight is 380 g/mol. The molecular formula is C20H20N4O2S. The van der Waals surface area contributed by atoms with Crippen molar-refractivity contribution in [3.05, 3.63) is 60.2 Å². The van der Waals surface area contributed by atoms with E-state index in [-0.39, 0.29) is 17.4 Å². The van der Waals surface area contributed by atoms with Gasteiger partial charge in [0.05, 0.1) is 5.75 Å². The highest BCUT2D eigenvalue weighted by atomic mass is 32.2. The van der Waals surface area contributed by atoms with Crippen LogP contribution in [0.5, 0.6) is 0 Å². The normalized spacial score (nSPS) is 10.6. The molecule has 27 heavy (non-hydrogen) atoms. The Morgan fingerprint density at radius 2 is 1.81 bits per heavy atom. The van der Waals surface area contributed by atoms with Crippen molar-refractivity contribution in [3.8, 4) is 11.4 Å². The molecule has 6 nitrogen and oxygen atoms in total. The molecule has 7 heteroatoms. The lowest BCUT2D eigenvalue weighted by molar-refractivity contribution is -0.116. The van der Waals surface area contributed by atoms with Gasteiger partial charge in [-0.15, -0.1) is 5.10 Å². The summed E-state index contributed by atoms with van der Waals surface area (Å²) in [6.45, 7) is 1.95. The summed E-state index contributed by atoms with van der Waals surface area (Å²) in [6, 6.07) is 16.6. The third-order valence-corrected chi connectivity index (χ3v) is 4.66. The lowest BCUT2D eigenvalue weighted by Crippen LogP contribution is -2.10. The molecule has 0 bridgehead atoms. The Balaban J connectivity index is 1.55. The summed E-state index contributed by atoms with van der Waals surface area (Å²) in [7, 11) is 0. The van der Waals surface area contributed by atoms with Crippen molar-refractivity contribution in [2.75, 3.05) is 11.1 Å². The maximum atomic E-state index is 12.4. The second kappa shape index (κ2) is 9.14. The van der Waals surface area contributed by atoms with Crippen LogP contribution < -0.4 is 5.32 Å². The first kappa shape index (κ1) is 18.8. The van der Waals surface area contributed by atoms with Gasteiger partial charge in [-0.25, -0.2) is 4.98 Å². The van der Waals surface area contributed by atoms with E-state index in [0.717, 1.165) is 12.0 Å². The van der Waals surface area contributed by atoms with E-state index in [1.165, 1.54) is 11.8 Å². The molecule has 2 N–H and O–H groups in total. The number of thioether (sulfide) groups is 1. The van der Waals surface area contributed by atoms with Crippen LogP contribution in [0.4, 0.5) is 5.69 Å². The first-order valence-corrected chi connectivity index (χ1v) is 9.68. The van der Waals surface area contributed by atoms with Crippen LogP contribution >= 0.6 is 11.8 Å². The van der Waals surface area contributed by atoms with Crippen molar-refractivity contribution in [1.82, 2.24) is 15.2 Å². The fourth-order valence-electron chi connectivity index (χ4n) is 2.44. The number of rotatable bonds is 8. The van der Waals surface area contributed by atoms with Gasteiger partial charge in [0, 0.05) is 23.2 Å². The second-order valence-corrected chi connectivity index (χ2v) is 6.86. The van der Waals surface area contributed by atoms with Crippen molar-refractivity contribution in [1.29, 1.82) is 0 Å². The number of H-pyrrole nitrogens is 1. The lowest BCUT2D eigenvalue weighted by atomic mass is 10.1. The van der Waals surface area contributed by atoms with Crippen LogP contribution in [0, 0.1) is 0 Å². The molecule has 0 saturated carbocycles. The smallest absolute Gasteiger partial charge is 0.224 e. The lowest BCUT2D eigenvalue weighted by Gasteiger charge is -2.05. The van der Waals surface area contributed by atoms with Gasteiger partial charge in [-0.05, 0) is 30.7 Å². The van der Waals surface area contributed by atoms with E-state index in [1.807, 2.05) is 37.3 Å². The number of nitrogens with zero attached hydrogens (tertiary/aromatic N) is 2. The predicted molar refractivity (Wildman–Crippen MR) is 107 cm³/mol.